The van der Waals surface area contributed by atoms with Crippen LogP contribution in [-0.4, -0.2) is 9.78 Å². The molecule has 0 unspecified atom stereocenters. The van der Waals surface area contributed by atoms with Gasteiger partial charge in [0.1, 0.15) is 12.4 Å². The second-order valence-corrected chi connectivity index (χ2v) is 8.38. The maximum atomic E-state index is 13.3. The Kier molecular flexibility index (Phi) is 6.47. The second kappa shape index (κ2) is 9.32. The van der Waals surface area contributed by atoms with Gasteiger partial charge in [-0.1, -0.05) is 74.0 Å². The van der Waals surface area contributed by atoms with Gasteiger partial charge in [0, 0.05) is 0 Å². The first-order valence-corrected chi connectivity index (χ1v) is 10.8. The first kappa shape index (κ1) is 22.9. The molecule has 0 fully saturated rings. The zero-order chi connectivity index (χ0) is 23.6. The third kappa shape index (κ3) is 5.22. The molecule has 170 valence electrons. The van der Waals surface area contributed by atoms with Gasteiger partial charge in [0.15, 0.2) is 5.69 Å². The van der Waals surface area contributed by atoms with Gasteiger partial charge in [0.05, 0.1) is 16.4 Å². The Morgan fingerprint density at radius 2 is 1.52 bits per heavy atom. The molecule has 0 aliphatic rings. The van der Waals surface area contributed by atoms with Gasteiger partial charge in [0.25, 0.3) is 0 Å². The highest BCUT2D eigenvalue weighted by molar-refractivity contribution is 6.32. The van der Waals surface area contributed by atoms with E-state index in [9.17, 15) is 13.2 Å². The summed E-state index contributed by atoms with van der Waals surface area (Å²) in [6.07, 6.45) is -4.58. The van der Waals surface area contributed by atoms with Gasteiger partial charge < -0.3 is 4.74 Å². The molecular formula is C26H22ClF3N2O. The van der Waals surface area contributed by atoms with Crippen LogP contribution in [0.4, 0.5) is 13.2 Å². The smallest absolute Gasteiger partial charge is 0.435 e. The molecular weight excluding hydrogens is 449 g/mol. The number of hydrogen-bond acceptors (Lipinski definition) is 2. The normalized spacial score (nSPS) is 11.7. The van der Waals surface area contributed by atoms with Gasteiger partial charge in [-0.2, -0.15) is 18.3 Å². The summed E-state index contributed by atoms with van der Waals surface area (Å²) in [5, 5.41) is 4.02. The van der Waals surface area contributed by atoms with E-state index in [1.54, 1.807) is 36.4 Å². The molecule has 4 rings (SSSR count). The van der Waals surface area contributed by atoms with E-state index < -0.39 is 11.9 Å². The first-order valence-electron chi connectivity index (χ1n) is 10.5. The Labute approximate surface area is 195 Å². The van der Waals surface area contributed by atoms with E-state index in [2.05, 4.69) is 43.2 Å². The SMILES string of the molecule is CC(C)c1ccc(-c2ccc(OCc3cc(C(F)(F)F)nn3-c3ccccc3Cl)cc2)cc1. The topological polar surface area (TPSA) is 27.1 Å². The predicted molar refractivity (Wildman–Crippen MR) is 124 cm³/mol. The van der Waals surface area contributed by atoms with Crippen molar-refractivity contribution in [2.45, 2.75) is 32.5 Å². The molecule has 3 aromatic carbocycles. The average Bonchev–Trinajstić information content (AvgIpc) is 3.23. The van der Waals surface area contributed by atoms with Crippen LogP contribution < -0.4 is 4.74 Å². The van der Waals surface area contributed by atoms with Crippen molar-refractivity contribution in [2.75, 3.05) is 0 Å². The standard InChI is InChI=1S/C26H22ClF3N2O/c1-17(2)18-7-9-19(10-8-18)20-11-13-22(14-12-20)33-16-21-15-25(26(28,29)30)31-32(21)24-6-4-3-5-23(24)27/h3-15,17H,16H2,1-2H3. The fourth-order valence-corrected chi connectivity index (χ4v) is 3.67. The van der Waals surface area contributed by atoms with Crippen LogP contribution in [0.1, 0.15) is 36.7 Å². The predicted octanol–water partition coefficient (Wildman–Crippen LogP) is 7.91. The fourth-order valence-electron chi connectivity index (χ4n) is 3.45. The Hall–Kier alpha value is -3.25. The number of para-hydroxylation sites is 1. The maximum Gasteiger partial charge on any atom is 0.435 e. The number of hydrogen-bond donors (Lipinski definition) is 0. The highest BCUT2D eigenvalue weighted by atomic mass is 35.5. The van der Waals surface area contributed by atoms with Crippen LogP contribution in [0.15, 0.2) is 78.9 Å². The van der Waals surface area contributed by atoms with Crippen LogP contribution in [0.2, 0.25) is 5.02 Å². The fraction of sp³-hybridized carbons (Fsp3) is 0.192. The first-order chi connectivity index (χ1) is 15.7. The number of halogens is 4. The molecule has 0 bridgehead atoms. The molecule has 0 saturated heterocycles. The molecule has 0 spiro atoms. The lowest BCUT2D eigenvalue weighted by Gasteiger charge is -2.11. The number of nitrogens with zero attached hydrogens (tertiary/aromatic N) is 2. The zero-order valence-electron chi connectivity index (χ0n) is 18.1. The van der Waals surface area contributed by atoms with E-state index in [1.165, 1.54) is 10.2 Å². The summed E-state index contributed by atoms with van der Waals surface area (Å²) in [6, 6.07) is 23.4. The molecule has 0 aliphatic carbocycles. The lowest BCUT2D eigenvalue weighted by atomic mass is 9.99. The van der Waals surface area contributed by atoms with Gasteiger partial charge in [0.2, 0.25) is 0 Å². The van der Waals surface area contributed by atoms with Crippen LogP contribution in [-0.2, 0) is 12.8 Å². The van der Waals surface area contributed by atoms with E-state index in [4.69, 9.17) is 16.3 Å². The summed E-state index contributed by atoms with van der Waals surface area (Å²) in [5.41, 5.74) is 2.97. The highest BCUT2D eigenvalue weighted by Crippen LogP contribution is 2.31. The molecule has 3 nitrogen and oxygen atoms in total. The minimum Gasteiger partial charge on any atom is -0.487 e. The number of benzene rings is 3. The molecule has 4 aromatic rings. The second-order valence-electron chi connectivity index (χ2n) is 7.97. The van der Waals surface area contributed by atoms with Crippen molar-refractivity contribution in [1.82, 2.24) is 9.78 Å². The van der Waals surface area contributed by atoms with Crippen molar-refractivity contribution in [2.24, 2.45) is 0 Å². The van der Waals surface area contributed by atoms with Crippen LogP contribution in [0.3, 0.4) is 0 Å². The third-order valence-electron chi connectivity index (χ3n) is 5.31. The summed E-state index contributed by atoms with van der Waals surface area (Å²) in [7, 11) is 0. The number of ether oxygens (including phenoxy) is 1. The van der Waals surface area contributed by atoms with Crippen LogP contribution in [0.5, 0.6) is 5.75 Å². The van der Waals surface area contributed by atoms with Gasteiger partial charge in [-0.3, -0.25) is 0 Å². The minimum atomic E-state index is -4.58. The molecule has 0 radical (unpaired) electrons. The number of aromatic nitrogens is 2. The van der Waals surface area contributed by atoms with E-state index in [-0.39, 0.29) is 12.3 Å². The van der Waals surface area contributed by atoms with Gasteiger partial charge in [-0.15, -0.1) is 0 Å². The van der Waals surface area contributed by atoms with E-state index in [0.29, 0.717) is 22.4 Å². The average molecular weight is 471 g/mol. The molecule has 33 heavy (non-hydrogen) atoms. The molecule has 1 aromatic heterocycles. The highest BCUT2D eigenvalue weighted by Gasteiger charge is 2.35. The van der Waals surface area contributed by atoms with Crippen LogP contribution in [0.25, 0.3) is 16.8 Å². The Bertz CT molecular complexity index is 1230. The monoisotopic (exact) mass is 470 g/mol. The van der Waals surface area contributed by atoms with Crippen molar-refractivity contribution < 1.29 is 17.9 Å². The Morgan fingerprint density at radius 1 is 0.909 bits per heavy atom. The summed E-state index contributed by atoms with van der Waals surface area (Å²) >= 11 is 6.19. The zero-order valence-corrected chi connectivity index (χ0v) is 18.9. The summed E-state index contributed by atoms with van der Waals surface area (Å²) in [5.74, 6) is 1.00. The third-order valence-corrected chi connectivity index (χ3v) is 5.63. The number of alkyl halides is 3. The van der Waals surface area contributed by atoms with Crippen molar-refractivity contribution in [3.05, 3.63) is 101 Å². The lowest BCUT2D eigenvalue weighted by Crippen LogP contribution is -2.08. The van der Waals surface area contributed by atoms with Crippen molar-refractivity contribution in [1.29, 1.82) is 0 Å². The largest absolute Gasteiger partial charge is 0.487 e. The lowest BCUT2D eigenvalue weighted by molar-refractivity contribution is -0.141. The van der Waals surface area contributed by atoms with Crippen molar-refractivity contribution in [3.63, 3.8) is 0 Å². The van der Waals surface area contributed by atoms with E-state index >= 15 is 0 Å². The molecule has 0 saturated carbocycles. The molecule has 0 N–H and O–H groups in total. The molecule has 0 amide bonds. The van der Waals surface area contributed by atoms with E-state index in [0.717, 1.165) is 17.2 Å². The Balaban J connectivity index is 1.54. The summed E-state index contributed by atoms with van der Waals surface area (Å²) in [4.78, 5) is 0. The molecule has 7 heteroatoms. The number of rotatable bonds is 6. The van der Waals surface area contributed by atoms with Crippen molar-refractivity contribution >= 4 is 11.6 Å². The molecule has 0 aliphatic heterocycles. The Morgan fingerprint density at radius 3 is 2.09 bits per heavy atom. The van der Waals surface area contributed by atoms with E-state index in [1.807, 2.05) is 12.1 Å². The summed E-state index contributed by atoms with van der Waals surface area (Å²) in [6.45, 7) is 4.20. The maximum absolute atomic E-state index is 13.3. The van der Waals surface area contributed by atoms with Crippen LogP contribution >= 0.6 is 11.6 Å². The summed E-state index contributed by atoms with van der Waals surface area (Å²) < 4.78 is 46.8. The van der Waals surface area contributed by atoms with Gasteiger partial charge in [-0.05, 0) is 52.9 Å². The van der Waals surface area contributed by atoms with Gasteiger partial charge >= 0.3 is 6.18 Å². The molecule has 0 atom stereocenters. The molecule has 1 heterocycles. The minimum absolute atomic E-state index is 0.100. The van der Waals surface area contributed by atoms with Crippen molar-refractivity contribution in [3.8, 4) is 22.6 Å². The quantitative estimate of drug-likeness (QED) is 0.286. The van der Waals surface area contributed by atoms with Crippen LogP contribution in [0, 0.1) is 0 Å². The van der Waals surface area contributed by atoms with Gasteiger partial charge in [-0.25, -0.2) is 4.68 Å².